The quantitative estimate of drug-likeness (QED) is 0.476. The van der Waals surface area contributed by atoms with Gasteiger partial charge >= 0.3 is 12.1 Å². The maximum Gasteiger partial charge on any atom is 0.410 e. The second-order valence-corrected chi connectivity index (χ2v) is 12.6. The van der Waals surface area contributed by atoms with Gasteiger partial charge in [0, 0.05) is 44.9 Å². The Labute approximate surface area is 230 Å². The molecule has 1 aromatic rings. The number of likely N-dealkylation sites (tertiary alicyclic amines) is 1. The standard InChI is InChI=1S/C28H43N5O6/c1-16(2)13-33(20-9-18(26(35)36)14-32(15-20)27(37)39-28(3,4)5)25(34)22-12-29-23(17-7-8-17)31-24(22)30-19-10-21(11-19)38-6/h12,16-21H,7-11,13-15H2,1-6H3,(H,35,36)(H,29,30,31)/t18-,19?,20+,21?/m1/s1. The molecule has 1 aliphatic heterocycles. The molecule has 3 fully saturated rings. The van der Waals surface area contributed by atoms with Crippen LogP contribution in [0.15, 0.2) is 6.20 Å². The number of anilines is 1. The lowest BCUT2D eigenvalue weighted by molar-refractivity contribution is -0.144. The first kappa shape index (κ1) is 29.0. The van der Waals surface area contributed by atoms with Gasteiger partial charge in [-0.2, -0.15) is 0 Å². The number of aliphatic carboxylic acids is 1. The van der Waals surface area contributed by atoms with Crippen LogP contribution < -0.4 is 5.32 Å². The Morgan fingerprint density at radius 1 is 1.18 bits per heavy atom. The molecule has 2 aliphatic carbocycles. The van der Waals surface area contributed by atoms with Gasteiger partial charge in [-0.15, -0.1) is 0 Å². The molecule has 11 heteroatoms. The van der Waals surface area contributed by atoms with E-state index >= 15 is 0 Å². The number of hydrogen-bond acceptors (Lipinski definition) is 8. The molecule has 0 aromatic carbocycles. The van der Waals surface area contributed by atoms with Gasteiger partial charge in [0.05, 0.1) is 18.1 Å². The van der Waals surface area contributed by atoms with E-state index in [0.717, 1.165) is 31.5 Å². The van der Waals surface area contributed by atoms with Crippen molar-refractivity contribution in [3.8, 4) is 0 Å². The molecule has 2 amide bonds. The van der Waals surface area contributed by atoms with Gasteiger partial charge in [-0.05, 0) is 58.8 Å². The Morgan fingerprint density at radius 2 is 1.87 bits per heavy atom. The van der Waals surface area contributed by atoms with Crippen molar-refractivity contribution < 1.29 is 29.0 Å². The lowest BCUT2D eigenvalue weighted by Crippen LogP contribution is -2.56. The van der Waals surface area contributed by atoms with E-state index in [0.29, 0.717) is 23.8 Å². The highest BCUT2D eigenvalue weighted by atomic mass is 16.6. The third-order valence-electron chi connectivity index (χ3n) is 7.44. The molecular formula is C28H43N5O6. The fourth-order valence-electron chi connectivity index (χ4n) is 5.17. The second kappa shape index (κ2) is 11.7. The summed E-state index contributed by atoms with van der Waals surface area (Å²) >= 11 is 0. The van der Waals surface area contributed by atoms with Gasteiger partial charge in [-0.25, -0.2) is 14.8 Å². The summed E-state index contributed by atoms with van der Waals surface area (Å²) in [7, 11) is 1.70. The van der Waals surface area contributed by atoms with E-state index in [9.17, 15) is 19.5 Å². The number of rotatable bonds is 9. The number of piperidine rings is 1. The summed E-state index contributed by atoms with van der Waals surface area (Å²) in [4.78, 5) is 51.7. The second-order valence-electron chi connectivity index (χ2n) is 12.6. The number of carbonyl (C=O) groups excluding carboxylic acids is 2. The molecule has 0 radical (unpaired) electrons. The normalized spacial score (nSPS) is 25.2. The third-order valence-corrected chi connectivity index (χ3v) is 7.44. The summed E-state index contributed by atoms with van der Waals surface area (Å²) in [6.07, 6.45) is 5.21. The molecule has 0 bridgehead atoms. The molecule has 0 spiro atoms. The van der Waals surface area contributed by atoms with Crippen LogP contribution in [-0.2, 0) is 14.3 Å². The number of carboxylic acids is 1. The molecule has 3 aliphatic rings. The van der Waals surface area contributed by atoms with E-state index in [1.165, 1.54) is 4.90 Å². The van der Waals surface area contributed by atoms with Crippen molar-refractivity contribution in [2.45, 2.75) is 96.4 Å². The average Bonchev–Trinajstić information content (AvgIpc) is 3.68. The Bertz CT molecular complexity index is 1060. The molecule has 2 N–H and O–H groups in total. The highest BCUT2D eigenvalue weighted by Crippen LogP contribution is 2.39. The van der Waals surface area contributed by atoms with Crippen LogP contribution in [0.4, 0.5) is 10.6 Å². The predicted molar refractivity (Wildman–Crippen MR) is 145 cm³/mol. The van der Waals surface area contributed by atoms with Crippen LogP contribution in [0.1, 0.15) is 88.8 Å². The van der Waals surface area contributed by atoms with E-state index in [-0.39, 0.29) is 43.5 Å². The number of amides is 2. The molecule has 4 rings (SSSR count). The van der Waals surface area contributed by atoms with Crippen LogP contribution in [0.25, 0.3) is 0 Å². The van der Waals surface area contributed by atoms with Crippen molar-refractivity contribution in [3.05, 3.63) is 17.6 Å². The third kappa shape index (κ3) is 7.38. The molecule has 2 atom stereocenters. The molecule has 11 nitrogen and oxygen atoms in total. The number of carboxylic acid groups (broad SMARTS) is 1. The Morgan fingerprint density at radius 3 is 2.44 bits per heavy atom. The summed E-state index contributed by atoms with van der Waals surface area (Å²) in [5, 5.41) is 13.3. The van der Waals surface area contributed by atoms with Crippen LogP contribution in [-0.4, -0.2) is 93.4 Å². The Kier molecular flexibility index (Phi) is 8.68. The van der Waals surface area contributed by atoms with Gasteiger partial charge in [0.1, 0.15) is 22.8 Å². The zero-order valence-electron chi connectivity index (χ0n) is 24.0. The van der Waals surface area contributed by atoms with Gasteiger partial charge in [-0.1, -0.05) is 13.8 Å². The first-order valence-corrected chi connectivity index (χ1v) is 14.0. The van der Waals surface area contributed by atoms with Gasteiger partial charge in [-0.3, -0.25) is 9.59 Å². The number of ether oxygens (including phenoxy) is 2. The summed E-state index contributed by atoms with van der Waals surface area (Å²) in [5.74, 6) is -0.381. The monoisotopic (exact) mass is 545 g/mol. The van der Waals surface area contributed by atoms with Crippen LogP contribution >= 0.6 is 0 Å². The minimum Gasteiger partial charge on any atom is -0.481 e. The molecule has 216 valence electrons. The van der Waals surface area contributed by atoms with Crippen molar-refractivity contribution in [3.63, 3.8) is 0 Å². The Hall–Kier alpha value is -2.95. The summed E-state index contributed by atoms with van der Waals surface area (Å²) in [5.41, 5.74) is -0.358. The first-order chi connectivity index (χ1) is 18.3. The molecule has 2 saturated carbocycles. The van der Waals surface area contributed by atoms with Gasteiger partial charge < -0.3 is 29.7 Å². The lowest BCUT2D eigenvalue weighted by atomic mass is 9.89. The topological polar surface area (TPSA) is 134 Å². The number of hydrogen-bond donors (Lipinski definition) is 2. The number of nitrogens with one attached hydrogen (secondary N) is 1. The van der Waals surface area contributed by atoms with Crippen LogP contribution in [0.3, 0.4) is 0 Å². The van der Waals surface area contributed by atoms with E-state index in [1.54, 1.807) is 39.0 Å². The molecular weight excluding hydrogens is 502 g/mol. The van der Waals surface area contributed by atoms with Crippen molar-refractivity contribution in [2.24, 2.45) is 11.8 Å². The smallest absolute Gasteiger partial charge is 0.410 e. The SMILES string of the molecule is COC1CC(Nc2nc(C3CC3)ncc2C(=O)N(CC(C)C)[C@H]2C[C@@H](C(=O)O)CN(C(=O)OC(C)(C)C)C2)C1. The zero-order chi connectivity index (χ0) is 28.5. The maximum absolute atomic E-state index is 14.2. The predicted octanol–water partition coefficient (Wildman–Crippen LogP) is 3.75. The van der Waals surface area contributed by atoms with Crippen molar-refractivity contribution in [1.29, 1.82) is 0 Å². The Balaban J connectivity index is 1.62. The van der Waals surface area contributed by atoms with Crippen molar-refractivity contribution in [2.75, 3.05) is 32.1 Å². The maximum atomic E-state index is 14.2. The van der Waals surface area contributed by atoms with Crippen LogP contribution in [0.5, 0.6) is 0 Å². The first-order valence-electron chi connectivity index (χ1n) is 14.0. The van der Waals surface area contributed by atoms with E-state index in [2.05, 4.69) is 10.3 Å². The summed E-state index contributed by atoms with van der Waals surface area (Å²) in [6, 6.07) is -0.351. The molecule has 2 heterocycles. The molecule has 0 unspecified atom stereocenters. The van der Waals surface area contributed by atoms with Crippen molar-refractivity contribution in [1.82, 2.24) is 19.8 Å². The van der Waals surface area contributed by atoms with E-state index in [4.69, 9.17) is 14.5 Å². The number of carbonyl (C=O) groups is 3. The van der Waals surface area contributed by atoms with Crippen LogP contribution in [0, 0.1) is 11.8 Å². The number of nitrogens with zero attached hydrogens (tertiary/aromatic N) is 4. The summed E-state index contributed by atoms with van der Waals surface area (Å²) < 4.78 is 11.0. The summed E-state index contributed by atoms with van der Waals surface area (Å²) in [6.45, 7) is 9.96. The van der Waals surface area contributed by atoms with Crippen LogP contribution in [0.2, 0.25) is 0 Å². The van der Waals surface area contributed by atoms with Crippen molar-refractivity contribution >= 4 is 23.8 Å². The fraction of sp³-hybridized carbons (Fsp3) is 0.750. The minimum absolute atomic E-state index is 0.0405. The average molecular weight is 546 g/mol. The van der Waals surface area contributed by atoms with Gasteiger partial charge in [0.15, 0.2) is 0 Å². The molecule has 39 heavy (non-hydrogen) atoms. The fourth-order valence-corrected chi connectivity index (χ4v) is 5.17. The molecule has 1 aromatic heterocycles. The van der Waals surface area contributed by atoms with E-state index in [1.807, 2.05) is 13.8 Å². The van der Waals surface area contributed by atoms with E-state index < -0.39 is 29.6 Å². The number of aromatic nitrogens is 2. The largest absolute Gasteiger partial charge is 0.481 e. The van der Waals surface area contributed by atoms with Gasteiger partial charge in [0.2, 0.25) is 0 Å². The highest BCUT2D eigenvalue weighted by molar-refractivity contribution is 5.99. The highest BCUT2D eigenvalue weighted by Gasteiger charge is 2.41. The van der Waals surface area contributed by atoms with Gasteiger partial charge in [0.25, 0.3) is 5.91 Å². The molecule has 1 saturated heterocycles. The minimum atomic E-state index is -0.998. The number of methoxy groups -OCH3 is 1. The zero-order valence-corrected chi connectivity index (χ0v) is 24.0. The lowest BCUT2D eigenvalue weighted by Gasteiger charge is -2.42.